The van der Waals surface area contributed by atoms with Crippen LogP contribution >= 0.6 is 23.2 Å². The Balaban J connectivity index is 0.000000288. The van der Waals surface area contributed by atoms with Gasteiger partial charge in [0, 0.05) is 34.5 Å². The average molecular weight is 732 g/mol. The molecule has 4 rings (SSSR count). The molecule has 2 saturated heterocycles. The molecule has 11 nitrogen and oxygen atoms in total. The second kappa shape index (κ2) is 17.2. The number of amides is 3. The van der Waals surface area contributed by atoms with Crippen LogP contribution < -0.4 is 11.1 Å². The second-order valence-electron chi connectivity index (χ2n) is 13.8. The number of halogens is 4. The minimum atomic E-state index is -2.35. The molecule has 0 radical (unpaired) electrons. The summed E-state index contributed by atoms with van der Waals surface area (Å²) >= 11 is 11.3. The SMILES string of the molecule is CC(C)(C)OC(=O)N1CCCC(F)(C(=O)Nc2ccc(Cl)cc2)C1.CC(C)(C)OC(=O)N1CCCC(F)(C(=O)O)C1.Nc1ccc(Cl)cc1. The Morgan fingerprint density at radius 1 is 0.755 bits per heavy atom. The predicted molar refractivity (Wildman–Crippen MR) is 185 cm³/mol. The number of ether oxygens (including phenoxy) is 2. The van der Waals surface area contributed by atoms with Crippen LogP contribution in [0.25, 0.3) is 0 Å². The van der Waals surface area contributed by atoms with E-state index in [-0.39, 0.29) is 19.4 Å². The smallest absolute Gasteiger partial charge is 0.410 e. The van der Waals surface area contributed by atoms with Crippen molar-refractivity contribution < 1.29 is 42.5 Å². The van der Waals surface area contributed by atoms with Crippen LogP contribution in [0.4, 0.5) is 29.7 Å². The van der Waals surface area contributed by atoms with Crippen LogP contribution in [0.15, 0.2) is 48.5 Å². The highest BCUT2D eigenvalue weighted by Crippen LogP contribution is 2.29. The first-order valence-corrected chi connectivity index (χ1v) is 16.4. The molecule has 2 heterocycles. The number of piperidine rings is 2. The first-order valence-electron chi connectivity index (χ1n) is 15.7. The zero-order valence-electron chi connectivity index (χ0n) is 28.7. The highest BCUT2D eigenvalue weighted by atomic mass is 35.5. The summed E-state index contributed by atoms with van der Waals surface area (Å²) in [5, 5.41) is 12.6. The number of alkyl halides is 2. The van der Waals surface area contributed by atoms with Crippen LogP contribution in [0.5, 0.6) is 0 Å². The molecule has 0 aliphatic carbocycles. The van der Waals surface area contributed by atoms with E-state index in [1.165, 1.54) is 4.90 Å². The van der Waals surface area contributed by atoms with Crippen molar-refractivity contribution in [3.8, 4) is 0 Å². The van der Waals surface area contributed by atoms with E-state index in [2.05, 4.69) is 5.32 Å². The molecule has 0 saturated carbocycles. The number of nitrogens with zero attached hydrogens (tertiary/aromatic N) is 2. The van der Waals surface area contributed by atoms with E-state index < -0.39 is 53.1 Å². The number of carboxylic acids is 1. The van der Waals surface area contributed by atoms with E-state index >= 15 is 4.39 Å². The Morgan fingerprint density at radius 2 is 1.14 bits per heavy atom. The summed E-state index contributed by atoms with van der Waals surface area (Å²) < 4.78 is 39.3. The number of carbonyl (C=O) groups excluding carboxylic acids is 3. The standard InChI is InChI=1S/C17H22ClFN2O3.C11H18FNO4.C6H6ClN/c1-16(2,3)24-15(23)21-10-4-9-17(19,11-21)14(22)20-13-7-5-12(18)6-8-13;1-10(2,3)17-9(16)13-6-4-5-11(12,7-13)8(14)15;7-5-1-3-6(8)4-2-5/h5-8H,4,9-11H2,1-3H3,(H,20,22);4-7H2,1-3H3,(H,14,15);1-4H,8H2. The second-order valence-corrected chi connectivity index (χ2v) is 14.6. The predicted octanol–water partition coefficient (Wildman–Crippen LogP) is 7.75. The molecule has 2 aromatic carbocycles. The molecule has 2 aromatic rings. The molecule has 2 aliphatic heterocycles. The van der Waals surface area contributed by atoms with Gasteiger partial charge < -0.3 is 35.4 Å². The Morgan fingerprint density at radius 3 is 1.53 bits per heavy atom. The summed E-state index contributed by atoms with van der Waals surface area (Å²) in [4.78, 5) is 49.2. The number of carbonyl (C=O) groups is 4. The molecule has 2 aliphatic rings. The number of nitrogens with two attached hydrogens (primary N) is 1. The van der Waals surface area contributed by atoms with Crippen molar-refractivity contribution in [3.05, 3.63) is 58.6 Å². The largest absolute Gasteiger partial charge is 0.479 e. The Kier molecular flexibility index (Phi) is 14.5. The van der Waals surface area contributed by atoms with Crippen LogP contribution in [0, 0.1) is 0 Å². The van der Waals surface area contributed by atoms with Crippen molar-refractivity contribution in [3.63, 3.8) is 0 Å². The molecule has 0 aromatic heterocycles. The van der Waals surface area contributed by atoms with E-state index in [1.807, 2.05) is 0 Å². The number of aliphatic carboxylic acids is 1. The lowest BCUT2D eigenvalue weighted by Crippen LogP contribution is -2.54. The maximum atomic E-state index is 15.1. The van der Waals surface area contributed by atoms with Gasteiger partial charge in [-0.2, -0.15) is 0 Å². The summed E-state index contributed by atoms with van der Waals surface area (Å²) in [6.45, 7) is 10.3. The average Bonchev–Trinajstić information content (AvgIpc) is 2.99. The molecule has 2 atom stereocenters. The summed E-state index contributed by atoms with van der Waals surface area (Å²) in [5.41, 5.74) is 0.734. The van der Waals surface area contributed by atoms with Crippen molar-refractivity contribution in [2.45, 2.75) is 89.8 Å². The van der Waals surface area contributed by atoms with Gasteiger partial charge in [-0.3, -0.25) is 4.79 Å². The van der Waals surface area contributed by atoms with Crippen LogP contribution in [0.2, 0.25) is 10.0 Å². The lowest BCUT2D eigenvalue weighted by molar-refractivity contribution is -0.154. The maximum absolute atomic E-state index is 15.1. The van der Waals surface area contributed by atoms with Crippen molar-refractivity contribution in [1.82, 2.24) is 9.80 Å². The van der Waals surface area contributed by atoms with Crippen LogP contribution in [0.3, 0.4) is 0 Å². The number of anilines is 2. The quantitative estimate of drug-likeness (QED) is 0.271. The zero-order chi connectivity index (χ0) is 37.2. The molecular weight excluding hydrogens is 685 g/mol. The van der Waals surface area contributed by atoms with Crippen LogP contribution in [-0.4, -0.2) is 87.7 Å². The van der Waals surface area contributed by atoms with Gasteiger partial charge in [0.05, 0.1) is 13.1 Å². The number of nitrogen functional groups attached to an aromatic ring is 1. The molecule has 0 spiro atoms. The van der Waals surface area contributed by atoms with Crippen LogP contribution in [0.1, 0.15) is 67.2 Å². The Bertz CT molecular complexity index is 1410. The summed E-state index contributed by atoms with van der Waals surface area (Å²) in [6, 6.07) is 13.5. The Hall–Kier alpha value is -3.84. The number of benzene rings is 2. The number of rotatable bonds is 3. The van der Waals surface area contributed by atoms with Gasteiger partial charge in [-0.05, 0) is 116 Å². The summed E-state index contributed by atoms with van der Waals surface area (Å²) in [7, 11) is 0. The number of nitrogens with one attached hydrogen (secondary N) is 1. The van der Waals surface area contributed by atoms with Crippen molar-refractivity contribution in [2.75, 3.05) is 37.2 Å². The van der Waals surface area contributed by atoms with E-state index in [9.17, 15) is 23.6 Å². The van der Waals surface area contributed by atoms with Crippen molar-refractivity contribution in [1.29, 1.82) is 0 Å². The van der Waals surface area contributed by atoms with Gasteiger partial charge in [-0.15, -0.1) is 0 Å². The monoisotopic (exact) mass is 730 g/mol. The molecule has 49 heavy (non-hydrogen) atoms. The lowest BCUT2D eigenvalue weighted by Gasteiger charge is -2.37. The number of carboxylic acid groups (broad SMARTS) is 1. The first-order chi connectivity index (χ1) is 22.5. The fraction of sp³-hybridized carbons (Fsp3) is 0.529. The van der Waals surface area contributed by atoms with Gasteiger partial charge in [-0.25, -0.2) is 23.2 Å². The summed E-state index contributed by atoms with van der Waals surface area (Å²) in [5.74, 6) is -2.29. The molecule has 15 heteroatoms. The topological polar surface area (TPSA) is 152 Å². The molecular formula is C34H46Cl2F2N4O7. The lowest BCUT2D eigenvalue weighted by atomic mass is 9.94. The highest BCUT2D eigenvalue weighted by Gasteiger charge is 2.46. The Labute approximate surface area is 296 Å². The summed E-state index contributed by atoms with van der Waals surface area (Å²) in [6.07, 6.45) is -0.567. The van der Waals surface area contributed by atoms with Gasteiger partial charge >= 0.3 is 18.2 Å². The van der Waals surface area contributed by atoms with Gasteiger partial charge in [0.2, 0.25) is 11.3 Å². The van der Waals surface area contributed by atoms with E-state index in [0.29, 0.717) is 36.6 Å². The first kappa shape index (κ1) is 41.3. The third-order valence-electron chi connectivity index (χ3n) is 6.95. The molecule has 4 N–H and O–H groups in total. The third-order valence-corrected chi connectivity index (χ3v) is 7.45. The molecule has 3 amide bonds. The van der Waals surface area contributed by atoms with Crippen LogP contribution in [-0.2, 0) is 19.1 Å². The number of hydrogen-bond donors (Lipinski definition) is 3. The van der Waals surface area contributed by atoms with Gasteiger partial charge in [0.25, 0.3) is 5.91 Å². The van der Waals surface area contributed by atoms with E-state index in [4.69, 9.17) is 43.5 Å². The normalized spacial score (nSPS) is 20.8. The number of likely N-dealkylation sites (tertiary alicyclic amines) is 2. The minimum absolute atomic E-state index is 0.0612. The van der Waals surface area contributed by atoms with Crippen molar-refractivity contribution >= 4 is 58.6 Å². The molecule has 272 valence electrons. The van der Waals surface area contributed by atoms with Gasteiger partial charge in [0.1, 0.15) is 11.2 Å². The highest BCUT2D eigenvalue weighted by molar-refractivity contribution is 6.30. The van der Waals surface area contributed by atoms with Gasteiger partial charge in [0.15, 0.2) is 0 Å². The van der Waals surface area contributed by atoms with E-state index in [1.54, 1.807) is 90.1 Å². The fourth-order valence-corrected chi connectivity index (χ4v) is 4.84. The van der Waals surface area contributed by atoms with Crippen molar-refractivity contribution in [2.24, 2.45) is 0 Å². The number of hydrogen-bond acceptors (Lipinski definition) is 7. The molecule has 2 fully saturated rings. The minimum Gasteiger partial charge on any atom is -0.479 e. The van der Waals surface area contributed by atoms with Gasteiger partial charge in [-0.1, -0.05) is 23.2 Å². The zero-order valence-corrected chi connectivity index (χ0v) is 30.2. The third kappa shape index (κ3) is 14.3. The maximum Gasteiger partial charge on any atom is 0.410 e. The fourth-order valence-electron chi connectivity index (χ4n) is 4.59. The van der Waals surface area contributed by atoms with E-state index in [0.717, 1.165) is 15.6 Å². The molecule has 2 unspecified atom stereocenters. The molecule has 0 bridgehead atoms.